The molecule has 0 aliphatic heterocycles. The Hall–Kier alpha value is -1.32. The average molecular weight is 169 g/mol. The second-order valence-corrected chi connectivity index (χ2v) is 2.73. The maximum atomic E-state index is 10.4. The highest BCUT2D eigenvalue weighted by atomic mass is 16.5. The molecule has 0 saturated heterocycles. The van der Waals surface area contributed by atoms with Gasteiger partial charge in [-0.25, -0.2) is 4.79 Å². The van der Waals surface area contributed by atoms with Crippen molar-refractivity contribution in [2.45, 2.75) is 26.2 Å². The summed E-state index contributed by atoms with van der Waals surface area (Å²) in [6.07, 6.45) is 0.922. The monoisotopic (exact) mass is 169 g/mol. The van der Waals surface area contributed by atoms with Gasteiger partial charge in [-0.3, -0.25) is 0 Å². The van der Waals surface area contributed by atoms with E-state index in [1.807, 2.05) is 13.8 Å². The molecule has 0 aliphatic rings. The third-order valence-corrected chi connectivity index (χ3v) is 1.86. The molecule has 4 heteroatoms. The fourth-order valence-corrected chi connectivity index (χ4v) is 0.831. The Kier molecular flexibility index (Phi) is 2.47. The van der Waals surface area contributed by atoms with Gasteiger partial charge in [0.25, 0.3) is 0 Å². The topological polar surface area (TPSA) is 63.3 Å². The summed E-state index contributed by atoms with van der Waals surface area (Å²) in [5, 5.41) is 12.2. The zero-order valence-corrected chi connectivity index (χ0v) is 7.07. The lowest BCUT2D eigenvalue weighted by atomic mass is 10.1. The van der Waals surface area contributed by atoms with E-state index in [2.05, 4.69) is 9.68 Å². The summed E-state index contributed by atoms with van der Waals surface area (Å²) in [5.74, 6) is -0.913. The Balaban J connectivity index is 2.84. The molecule has 1 N–H and O–H groups in total. The van der Waals surface area contributed by atoms with Gasteiger partial charge in [-0.15, -0.1) is 0 Å². The lowest BCUT2D eigenvalue weighted by Gasteiger charge is -1.99. The summed E-state index contributed by atoms with van der Waals surface area (Å²) in [7, 11) is 0. The fraction of sp³-hybridized carbons (Fsp3) is 0.500. The Morgan fingerprint density at radius 1 is 1.83 bits per heavy atom. The van der Waals surface area contributed by atoms with Crippen molar-refractivity contribution >= 4 is 5.97 Å². The molecule has 0 saturated carbocycles. The van der Waals surface area contributed by atoms with E-state index in [-0.39, 0.29) is 11.7 Å². The van der Waals surface area contributed by atoms with E-state index >= 15 is 0 Å². The van der Waals surface area contributed by atoms with Gasteiger partial charge in [0.05, 0.1) is 5.69 Å². The molecule has 0 spiro atoms. The summed E-state index contributed by atoms with van der Waals surface area (Å²) < 4.78 is 4.60. The molecule has 0 aliphatic carbocycles. The van der Waals surface area contributed by atoms with Crippen LogP contribution in [0.2, 0.25) is 0 Å². The molecule has 1 atom stereocenters. The van der Waals surface area contributed by atoms with Gasteiger partial charge in [-0.05, 0) is 6.42 Å². The van der Waals surface area contributed by atoms with E-state index in [0.29, 0.717) is 5.69 Å². The standard InChI is InChI=1S/C8H11NO3/c1-3-5(2)6-4-7(8(10)11)12-9-6/h4-5H,3H2,1-2H3,(H,10,11). The van der Waals surface area contributed by atoms with Crippen LogP contribution in [0.15, 0.2) is 10.6 Å². The first-order valence-corrected chi connectivity index (χ1v) is 3.85. The predicted octanol–water partition coefficient (Wildman–Crippen LogP) is 1.89. The van der Waals surface area contributed by atoms with E-state index in [0.717, 1.165) is 6.42 Å². The summed E-state index contributed by atoms with van der Waals surface area (Å²) >= 11 is 0. The first-order chi connectivity index (χ1) is 5.65. The van der Waals surface area contributed by atoms with Crippen LogP contribution in [0.5, 0.6) is 0 Å². The third-order valence-electron chi connectivity index (χ3n) is 1.86. The molecule has 0 aromatic carbocycles. The second-order valence-electron chi connectivity index (χ2n) is 2.73. The highest BCUT2D eigenvalue weighted by Crippen LogP contribution is 2.17. The summed E-state index contributed by atoms with van der Waals surface area (Å²) in [5.41, 5.74) is 0.704. The van der Waals surface area contributed by atoms with E-state index in [1.165, 1.54) is 6.07 Å². The number of aromatic nitrogens is 1. The minimum Gasteiger partial charge on any atom is -0.475 e. The molecule has 4 nitrogen and oxygen atoms in total. The van der Waals surface area contributed by atoms with Gasteiger partial charge >= 0.3 is 5.97 Å². The number of nitrogens with zero attached hydrogens (tertiary/aromatic N) is 1. The van der Waals surface area contributed by atoms with Crippen LogP contribution in [-0.4, -0.2) is 16.2 Å². The minimum atomic E-state index is -1.07. The lowest BCUT2D eigenvalue weighted by molar-refractivity contribution is 0.0652. The normalized spacial score (nSPS) is 12.8. The smallest absolute Gasteiger partial charge is 0.374 e. The van der Waals surface area contributed by atoms with Crippen molar-refractivity contribution < 1.29 is 14.4 Å². The van der Waals surface area contributed by atoms with Gasteiger partial charge in [-0.2, -0.15) is 0 Å². The molecule has 0 radical (unpaired) electrons. The number of carbonyl (C=O) groups is 1. The van der Waals surface area contributed by atoms with Crippen LogP contribution in [0.1, 0.15) is 42.4 Å². The highest BCUT2D eigenvalue weighted by Gasteiger charge is 2.13. The molecule has 0 amide bonds. The first kappa shape index (κ1) is 8.77. The number of carboxylic acid groups (broad SMARTS) is 1. The summed E-state index contributed by atoms with van der Waals surface area (Å²) in [4.78, 5) is 10.4. The van der Waals surface area contributed by atoms with Gasteiger partial charge in [0.15, 0.2) is 0 Å². The van der Waals surface area contributed by atoms with Crippen molar-refractivity contribution in [2.24, 2.45) is 0 Å². The zero-order valence-electron chi connectivity index (χ0n) is 7.07. The Morgan fingerprint density at radius 2 is 2.50 bits per heavy atom. The van der Waals surface area contributed by atoms with Gasteiger partial charge in [0, 0.05) is 12.0 Å². The minimum absolute atomic E-state index is 0.0923. The third kappa shape index (κ3) is 1.64. The summed E-state index contributed by atoms with van der Waals surface area (Å²) in [6, 6.07) is 1.47. The number of hydrogen-bond donors (Lipinski definition) is 1. The van der Waals surface area contributed by atoms with E-state index in [1.54, 1.807) is 0 Å². The molecule has 0 bridgehead atoms. The van der Waals surface area contributed by atoms with Crippen LogP contribution in [-0.2, 0) is 0 Å². The van der Waals surface area contributed by atoms with Crippen molar-refractivity contribution in [3.8, 4) is 0 Å². The molecule has 1 unspecified atom stereocenters. The Bertz CT molecular complexity index is 280. The van der Waals surface area contributed by atoms with Crippen LogP contribution < -0.4 is 0 Å². The second kappa shape index (κ2) is 3.38. The van der Waals surface area contributed by atoms with E-state index in [9.17, 15) is 4.79 Å². The average Bonchev–Trinajstić information content (AvgIpc) is 2.51. The molecule has 1 aromatic rings. The van der Waals surface area contributed by atoms with Crippen molar-refractivity contribution in [1.82, 2.24) is 5.16 Å². The van der Waals surface area contributed by atoms with Crippen LogP contribution in [0.3, 0.4) is 0 Å². The number of rotatable bonds is 3. The number of hydrogen-bond acceptors (Lipinski definition) is 3. The van der Waals surface area contributed by atoms with Gasteiger partial charge in [0.1, 0.15) is 0 Å². The van der Waals surface area contributed by atoms with Gasteiger partial charge in [0.2, 0.25) is 5.76 Å². The van der Waals surface area contributed by atoms with Crippen molar-refractivity contribution in [3.05, 3.63) is 17.5 Å². The molecule has 1 aromatic heterocycles. The van der Waals surface area contributed by atoms with Crippen molar-refractivity contribution in [2.75, 3.05) is 0 Å². The quantitative estimate of drug-likeness (QED) is 0.750. The molecule has 12 heavy (non-hydrogen) atoms. The van der Waals surface area contributed by atoms with Crippen molar-refractivity contribution in [1.29, 1.82) is 0 Å². The molecule has 1 rings (SSSR count). The van der Waals surface area contributed by atoms with Crippen LogP contribution in [0.25, 0.3) is 0 Å². The molecular formula is C8H11NO3. The predicted molar refractivity (Wildman–Crippen MR) is 42.2 cm³/mol. The Labute approximate surface area is 70.2 Å². The van der Waals surface area contributed by atoms with E-state index < -0.39 is 5.97 Å². The molecular weight excluding hydrogens is 158 g/mol. The SMILES string of the molecule is CCC(C)c1cc(C(=O)O)on1. The van der Waals surface area contributed by atoms with Crippen LogP contribution in [0, 0.1) is 0 Å². The lowest BCUT2D eigenvalue weighted by Crippen LogP contribution is -1.93. The zero-order chi connectivity index (χ0) is 9.14. The maximum Gasteiger partial charge on any atom is 0.374 e. The van der Waals surface area contributed by atoms with E-state index in [4.69, 9.17) is 5.11 Å². The molecule has 0 fully saturated rings. The summed E-state index contributed by atoms with van der Waals surface area (Å²) in [6.45, 7) is 3.99. The van der Waals surface area contributed by atoms with Gasteiger partial charge < -0.3 is 9.63 Å². The van der Waals surface area contributed by atoms with Crippen molar-refractivity contribution in [3.63, 3.8) is 0 Å². The molecule has 66 valence electrons. The van der Waals surface area contributed by atoms with Crippen LogP contribution in [0.4, 0.5) is 0 Å². The number of carboxylic acids is 1. The Morgan fingerprint density at radius 3 is 2.92 bits per heavy atom. The maximum absolute atomic E-state index is 10.4. The fourth-order valence-electron chi connectivity index (χ4n) is 0.831. The molecule has 1 heterocycles. The number of aromatic carboxylic acids is 1. The van der Waals surface area contributed by atoms with Gasteiger partial charge in [-0.1, -0.05) is 19.0 Å². The largest absolute Gasteiger partial charge is 0.475 e. The van der Waals surface area contributed by atoms with Crippen LogP contribution >= 0.6 is 0 Å². The highest BCUT2D eigenvalue weighted by molar-refractivity contribution is 5.84. The first-order valence-electron chi connectivity index (χ1n) is 3.85.